The predicted octanol–water partition coefficient (Wildman–Crippen LogP) is 2.36. The van der Waals surface area contributed by atoms with Crippen LogP contribution in [0.3, 0.4) is 0 Å². The van der Waals surface area contributed by atoms with E-state index < -0.39 is 15.9 Å². The number of carbonyl (C=O) groups is 1. The average Bonchev–Trinajstić information content (AvgIpc) is 2.44. The van der Waals surface area contributed by atoms with Crippen molar-refractivity contribution >= 4 is 26.6 Å². The number of hydrogen-bond acceptors (Lipinski definition) is 4. The van der Waals surface area contributed by atoms with Crippen LogP contribution in [0.15, 0.2) is 24.4 Å². The molecule has 1 atom stereocenters. The molecular weight excluding hydrogens is 312 g/mol. The molecule has 1 aromatic carbocycles. The Bertz CT molecular complexity index is 860. The van der Waals surface area contributed by atoms with Crippen LogP contribution in [0, 0.1) is 13.8 Å². The molecule has 0 bridgehead atoms. The Morgan fingerprint density at radius 1 is 1.30 bits per heavy atom. The molecule has 0 fully saturated rings. The van der Waals surface area contributed by atoms with E-state index in [0.29, 0.717) is 11.1 Å². The molecule has 0 aliphatic heterocycles. The summed E-state index contributed by atoms with van der Waals surface area (Å²) in [5, 5.41) is 0.944. The van der Waals surface area contributed by atoms with Gasteiger partial charge in [-0.2, -0.15) is 0 Å². The van der Waals surface area contributed by atoms with Crippen molar-refractivity contribution in [3.8, 4) is 0 Å². The lowest BCUT2D eigenvalue weighted by molar-refractivity contribution is 0.0758. The van der Waals surface area contributed by atoms with Gasteiger partial charge in [-0.25, -0.2) is 8.42 Å². The number of nitrogens with zero attached hydrogens (tertiary/aromatic N) is 2. The van der Waals surface area contributed by atoms with Crippen molar-refractivity contribution in [2.24, 2.45) is 0 Å². The Hall–Kier alpha value is -1.95. The molecule has 23 heavy (non-hydrogen) atoms. The molecule has 2 rings (SSSR count). The van der Waals surface area contributed by atoms with Crippen molar-refractivity contribution in [2.75, 3.05) is 19.1 Å². The van der Waals surface area contributed by atoms with Crippen LogP contribution < -0.4 is 0 Å². The summed E-state index contributed by atoms with van der Waals surface area (Å²) < 4.78 is 22.9. The first-order chi connectivity index (χ1) is 10.6. The smallest absolute Gasteiger partial charge is 0.256 e. The third-order valence-corrected chi connectivity index (χ3v) is 5.05. The van der Waals surface area contributed by atoms with Crippen LogP contribution in [0.1, 0.15) is 28.4 Å². The molecule has 1 unspecified atom stereocenters. The molecule has 1 aromatic heterocycles. The SMILES string of the molecule is Cc1cc(C(=O)N(C)C(C)CS(C)(=O)=O)c2nccc(C)c2c1. The highest BCUT2D eigenvalue weighted by atomic mass is 32.2. The van der Waals surface area contributed by atoms with Gasteiger partial charge in [0.15, 0.2) is 0 Å². The fourth-order valence-electron chi connectivity index (χ4n) is 2.64. The molecule has 5 nitrogen and oxygen atoms in total. The second-order valence-corrected chi connectivity index (χ2v) is 8.38. The summed E-state index contributed by atoms with van der Waals surface area (Å²) in [5.74, 6) is -0.279. The zero-order valence-electron chi connectivity index (χ0n) is 14.1. The molecule has 0 aliphatic carbocycles. The minimum atomic E-state index is -3.15. The van der Waals surface area contributed by atoms with Gasteiger partial charge in [-0.1, -0.05) is 0 Å². The third-order valence-electron chi connectivity index (χ3n) is 3.96. The van der Waals surface area contributed by atoms with Gasteiger partial charge >= 0.3 is 0 Å². The van der Waals surface area contributed by atoms with E-state index in [1.807, 2.05) is 26.0 Å². The highest BCUT2D eigenvalue weighted by Crippen LogP contribution is 2.23. The van der Waals surface area contributed by atoms with E-state index in [0.717, 1.165) is 16.5 Å². The molecule has 1 heterocycles. The van der Waals surface area contributed by atoms with Gasteiger partial charge < -0.3 is 4.90 Å². The third kappa shape index (κ3) is 3.88. The van der Waals surface area contributed by atoms with E-state index >= 15 is 0 Å². The van der Waals surface area contributed by atoms with E-state index in [1.54, 1.807) is 26.2 Å². The van der Waals surface area contributed by atoms with Crippen molar-refractivity contribution < 1.29 is 13.2 Å². The number of aryl methyl sites for hydroxylation is 2. The van der Waals surface area contributed by atoms with E-state index in [1.165, 1.54) is 11.2 Å². The van der Waals surface area contributed by atoms with Gasteiger partial charge in [0.05, 0.1) is 16.8 Å². The largest absolute Gasteiger partial charge is 0.338 e. The Balaban J connectivity index is 2.47. The Labute approximate surface area is 137 Å². The minimum Gasteiger partial charge on any atom is -0.338 e. The van der Waals surface area contributed by atoms with Gasteiger partial charge in [-0.3, -0.25) is 9.78 Å². The lowest BCUT2D eigenvalue weighted by Gasteiger charge is -2.25. The van der Waals surface area contributed by atoms with Crippen molar-refractivity contribution in [1.82, 2.24) is 9.88 Å². The number of amides is 1. The van der Waals surface area contributed by atoms with Crippen molar-refractivity contribution in [2.45, 2.75) is 26.8 Å². The van der Waals surface area contributed by atoms with Crippen LogP contribution in [0.4, 0.5) is 0 Å². The minimum absolute atomic E-state index is 0.0640. The summed E-state index contributed by atoms with van der Waals surface area (Å²) in [6, 6.07) is 5.32. The number of carbonyl (C=O) groups excluding carboxylic acids is 1. The second kappa shape index (κ2) is 6.28. The fraction of sp³-hybridized carbons (Fsp3) is 0.412. The molecule has 2 aromatic rings. The van der Waals surface area contributed by atoms with Gasteiger partial charge in [0, 0.05) is 30.9 Å². The van der Waals surface area contributed by atoms with Gasteiger partial charge in [0.25, 0.3) is 5.91 Å². The summed E-state index contributed by atoms with van der Waals surface area (Å²) in [5.41, 5.74) is 3.19. The van der Waals surface area contributed by atoms with Gasteiger partial charge in [-0.15, -0.1) is 0 Å². The van der Waals surface area contributed by atoms with Crippen LogP contribution in [-0.4, -0.2) is 49.3 Å². The topological polar surface area (TPSA) is 67.3 Å². The zero-order chi connectivity index (χ0) is 17.4. The molecule has 0 radical (unpaired) electrons. The standard InChI is InChI=1S/C17H22N2O3S/c1-11-8-14-12(2)6-7-18-16(14)15(9-11)17(20)19(4)13(3)10-23(5,21)22/h6-9,13H,10H2,1-5H3. The Morgan fingerprint density at radius 2 is 1.96 bits per heavy atom. The number of sulfone groups is 1. The molecule has 0 saturated heterocycles. The second-order valence-electron chi connectivity index (χ2n) is 6.19. The van der Waals surface area contributed by atoms with E-state index in [-0.39, 0.29) is 11.7 Å². The lowest BCUT2D eigenvalue weighted by Crippen LogP contribution is -2.39. The number of fused-ring (bicyclic) bond motifs is 1. The van der Waals surface area contributed by atoms with Gasteiger partial charge in [0.1, 0.15) is 9.84 Å². The first-order valence-corrected chi connectivity index (χ1v) is 9.47. The molecule has 0 spiro atoms. The first-order valence-electron chi connectivity index (χ1n) is 7.41. The van der Waals surface area contributed by atoms with Crippen molar-refractivity contribution in [3.63, 3.8) is 0 Å². The van der Waals surface area contributed by atoms with Crippen molar-refractivity contribution in [1.29, 1.82) is 0 Å². The summed E-state index contributed by atoms with van der Waals surface area (Å²) in [7, 11) is -1.52. The van der Waals surface area contributed by atoms with E-state index in [9.17, 15) is 13.2 Å². The number of hydrogen-bond donors (Lipinski definition) is 0. The lowest BCUT2D eigenvalue weighted by atomic mass is 10.0. The summed E-state index contributed by atoms with van der Waals surface area (Å²) in [6.45, 7) is 5.64. The quantitative estimate of drug-likeness (QED) is 0.861. The number of benzene rings is 1. The number of rotatable bonds is 4. The van der Waals surface area contributed by atoms with Crippen LogP contribution in [0.2, 0.25) is 0 Å². The summed E-state index contributed by atoms with van der Waals surface area (Å²) >= 11 is 0. The van der Waals surface area contributed by atoms with Crippen LogP contribution >= 0.6 is 0 Å². The highest BCUT2D eigenvalue weighted by Gasteiger charge is 2.23. The monoisotopic (exact) mass is 334 g/mol. The molecule has 6 heteroatoms. The van der Waals surface area contributed by atoms with Crippen LogP contribution in [-0.2, 0) is 9.84 Å². The Kier molecular flexibility index (Phi) is 4.75. The molecule has 0 aliphatic rings. The predicted molar refractivity (Wildman–Crippen MR) is 92.5 cm³/mol. The Morgan fingerprint density at radius 3 is 2.57 bits per heavy atom. The maximum atomic E-state index is 12.8. The first kappa shape index (κ1) is 17.4. The van der Waals surface area contributed by atoms with Gasteiger partial charge in [0.2, 0.25) is 0 Å². The summed E-state index contributed by atoms with van der Waals surface area (Å²) in [4.78, 5) is 18.7. The normalized spacial score (nSPS) is 13.1. The molecule has 0 saturated carbocycles. The highest BCUT2D eigenvalue weighted by molar-refractivity contribution is 7.90. The van der Waals surface area contributed by atoms with Crippen LogP contribution in [0.25, 0.3) is 10.9 Å². The molecule has 1 amide bonds. The summed E-state index contributed by atoms with van der Waals surface area (Å²) in [6.07, 6.45) is 2.86. The van der Waals surface area contributed by atoms with E-state index in [4.69, 9.17) is 0 Å². The fourth-order valence-corrected chi connectivity index (χ4v) is 3.73. The van der Waals surface area contributed by atoms with Gasteiger partial charge in [-0.05, 0) is 50.1 Å². The number of aromatic nitrogens is 1. The maximum absolute atomic E-state index is 12.8. The van der Waals surface area contributed by atoms with Crippen LogP contribution in [0.5, 0.6) is 0 Å². The number of pyridine rings is 1. The maximum Gasteiger partial charge on any atom is 0.256 e. The molecule has 124 valence electrons. The van der Waals surface area contributed by atoms with Crippen molar-refractivity contribution in [3.05, 3.63) is 41.1 Å². The average molecular weight is 334 g/mol. The zero-order valence-corrected chi connectivity index (χ0v) is 14.9. The molecule has 0 N–H and O–H groups in total. The molecular formula is C17H22N2O3S. The van der Waals surface area contributed by atoms with E-state index in [2.05, 4.69) is 4.98 Å².